The lowest BCUT2D eigenvalue weighted by atomic mass is 9.72. The number of nitrogens with zero attached hydrogens (tertiary/aromatic N) is 1. The molecule has 1 aliphatic rings. The first-order valence-corrected chi connectivity index (χ1v) is 9.85. The summed E-state index contributed by atoms with van der Waals surface area (Å²) in [5, 5.41) is 16.4. The van der Waals surface area contributed by atoms with Gasteiger partial charge in [0.2, 0.25) is 0 Å². The molecule has 0 saturated heterocycles. The summed E-state index contributed by atoms with van der Waals surface area (Å²) in [5.74, 6) is 1.86. The summed E-state index contributed by atoms with van der Waals surface area (Å²) in [6, 6.07) is 4.30. The highest BCUT2D eigenvalue weighted by atomic mass is 127. The third-order valence-electron chi connectivity index (χ3n) is 5.37. The van der Waals surface area contributed by atoms with Crippen LogP contribution in [0.3, 0.4) is 0 Å². The van der Waals surface area contributed by atoms with Crippen LogP contribution in [-0.4, -0.2) is 36.8 Å². The lowest BCUT2D eigenvalue weighted by molar-refractivity contribution is 0.137. The highest BCUT2D eigenvalue weighted by molar-refractivity contribution is 14.0. The molecule has 1 aromatic rings. The zero-order chi connectivity index (χ0) is 18.0. The number of aliphatic hydroxyl groups is 1. The fourth-order valence-electron chi connectivity index (χ4n) is 3.52. The van der Waals surface area contributed by atoms with Crippen molar-refractivity contribution in [2.75, 3.05) is 19.7 Å². The second-order valence-electron chi connectivity index (χ2n) is 7.41. The van der Waals surface area contributed by atoms with Gasteiger partial charge in [-0.3, -0.25) is 4.99 Å². The zero-order valence-corrected chi connectivity index (χ0v) is 18.6. The van der Waals surface area contributed by atoms with Crippen LogP contribution in [0.5, 0.6) is 0 Å². The minimum Gasteiger partial charge on any atom is -0.469 e. The molecule has 1 aromatic heterocycles. The summed E-state index contributed by atoms with van der Waals surface area (Å²) in [4.78, 5) is 4.90. The Bertz CT molecular complexity index is 494. The van der Waals surface area contributed by atoms with Crippen LogP contribution >= 0.6 is 24.0 Å². The Balaban J connectivity index is 0.00000338. The molecule has 0 aromatic carbocycles. The van der Waals surface area contributed by atoms with Crippen molar-refractivity contribution >= 4 is 29.9 Å². The molecule has 1 fully saturated rings. The molecule has 0 bridgehead atoms. The number of hydrogen-bond acceptors (Lipinski definition) is 3. The minimum atomic E-state index is 0. The fraction of sp³-hybridized carbons (Fsp3) is 0.750. The van der Waals surface area contributed by atoms with E-state index in [-0.39, 0.29) is 36.0 Å². The maximum Gasteiger partial charge on any atom is 0.191 e. The molecule has 26 heavy (non-hydrogen) atoms. The van der Waals surface area contributed by atoms with Gasteiger partial charge < -0.3 is 20.2 Å². The predicted molar refractivity (Wildman–Crippen MR) is 118 cm³/mol. The third kappa shape index (κ3) is 7.86. The summed E-state index contributed by atoms with van der Waals surface area (Å²) in [5.41, 5.74) is 0.179. The topological polar surface area (TPSA) is 69.8 Å². The van der Waals surface area contributed by atoms with Crippen molar-refractivity contribution in [2.24, 2.45) is 10.4 Å². The fourth-order valence-corrected chi connectivity index (χ4v) is 3.52. The molecular weight excluding hydrogens is 441 g/mol. The van der Waals surface area contributed by atoms with E-state index in [1.807, 2.05) is 12.1 Å². The van der Waals surface area contributed by atoms with Crippen LogP contribution in [-0.2, 0) is 6.42 Å². The quantitative estimate of drug-likeness (QED) is 0.285. The van der Waals surface area contributed by atoms with Crippen LogP contribution in [0, 0.1) is 5.41 Å². The van der Waals surface area contributed by atoms with Gasteiger partial charge >= 0.3 is 0 Å². The molecule has 0 aliphatic heterocycles. The van der Waals surface area contributed by atoms with Crippen LogP contribution < -0.4 is 10.6 Å². The molecule has 0 amide bonds. The molecular formula is C20H36IN3O2. The van der Waals surface area contributed by atoms with Crippen molar-refractivity contribution in [2.45, 2.75) is 71.3 Å². The number of hydrogen-bond donors (Lipinski definition) is 3. The number of guanidine groups is 1. The standard InChI is InChI=1S/C20H35N3O2.HI/c1-3-17(2)23-19(21-13-9-18-8-7-15-25-18)22-16-20(12-14-24)10-5-4-6-11-20;/h7-8,15,17,24H,3-6,9-14,16H2,1-2H3,(H2,21,22,23);1H. The van der Waals surface area contributed by atoms with E-state index < -0.39 is 0 Å². The predicted octanol–water partition coefficient (Wildman–Crippen LogP) is 4.11. The van der Waals surface area contributed by atoms with Crippen molar-refractivity contribution in [1.82, 2.24) is 10.6 Å². The summed E-state index contributed by atoms with van der Waals surface area (Å²) >= 11 is 0. The van der Waals surface area contributed by atoms with E-state index in [9.17, 15) is 5.11 Å². The van der Waals surface area contributed by atoms with Gasteiger partial charge in [-0.05, 0) is 50.2 Å². The van der Waals surface area contributed by atoms with Crippen molar-refractivity contribution in [3.63, 3.8) is 0 Å². The number of nitrogens with one attached hydrogen (secondary N) is 2. The van der Waals surface area contributed by atoms with E-state index in [2.05, 4.69) is 24.5 Å². The molecule has 1 aliphatic carbocycles. The monoisotopic (exact) mass is 477 g/mol. The molecule has 3 N–H and O–H groups in total. The first kappa shape index (κ1) is 23.3. The van der Waals surface area contributed by atoms with Crippen molar-refractivity contribution in [1.29, 1.82) is 0 Å². The van der Waals surface area contributed by atoms with E-state index in [1.54, 1.807) is 6.26 Å². The molecule has 5 nitrogen and oxygen atoms in total. The van der Waals surface area contributed by atoms with Crippen LogP contribution in [0.4, 0.5) is 0 Å². The van der Waals surface area contributed by atoms with Gasteiger partial charge in [0.25, 0.3) is 0 Å². The molecule has 0 spiro atoms. The Kier molecular flexibility index (Phi) is 11.3. The number of aliphatic hydroxyl groups excluding tert-OH is 1. The summed E-state index contributed by atoms with van der Waals surface area (Å²) < 4.78 is 5.39. The van der Waals surface area contributed by atoms with Gasteiger partial charge in [0, 0.05) is 32.2 Å². The molecule has 6 heteroatoms. The molecule has 1 saturated carbocycles. The van der Waals surface area contributed by atoms with Crippen LogP contribution in [0.1, 0.15) is 64.6 Å². The lowest BCUT2D eigenvalue weighted by Crippen LogP contribution is -2.43. The Morgan fingerprint density at radius 1 is 1.35 bits per heavy atom. The second kappa shape index (κ2) is 12.6. The summed E-state index contributed by atoms with van der Waals surface area (Å²) in [6.45, 7) is 6.19. The van der Waals surface area contributed by atoms with Gasteiger partial charge in [0.15, 0.2) is 5.96 Å². The maximum atomic E-state index is 9.49. The number of furan rings is 1. The van der Waals surface area contributed by atoms with Crippen LogP contribution in [0.2, 0.25) is 0 Å². The Hall–Kier alpha value is -0.760. The van der Waals surface area contributed by atoms with Crippen molar-refractivity contribution < 1.29 is 9.52 Å². The smallest absolute Gasteiger partial charge is 0.191 e. The highest BCUT2D eigenvalue weighted by Gasteiger charge is 2.31. The number of halogens is 1. The Morgan fingerprint density at radius 3 is 2.73 bits per heavy atom. The van der Waals surface area contributed by atoms with Gasteiger partial charge in [0.1, 0.15) is 5.76 Å². The van der Waals surface area contributed by atoms with E-state index in [4.69, 9.17) is 9.41 Å². The van der Waals surface area contributed by atoms with E-state index in [0.29, 0.717) is 6.04 Å². The third-order valence-corrected chi connectivity index (χ3v) is 5.37. The van der Waals surface area contributed by atoms with Gasteiger partial charge in [-0.2, -0.15) is 0 Å². The van der Waals surface area contributed by atoms with Gasteiger partial charge in [-0.1, -0.05) is 26.2 Å². The average molecular weight is 477 g/mol. The minimum absolute atomic E-state index is 0. The molecule has 1 atom stereocenters. The van der Waals surface area contributed by atoms with Crippen LogP contribution in [0.15, 0.2) is 27.8 Å². The van der Waals surface area contributed by atoms with Gasteiger partial charge in [-0.15, -0.1) is 24.0 Å². The molecule has 2 rings (SSSR count). The molecule has 1 unspecified atom stereocenters. The van der Waals surface area contributed by atoms with Crippen LogP contribution in [0.25, 0.3) is 0 Å². The largest absolute Gasteiger partial charge is 0.469 e. The average Bonchev–Trinajstić information content (AvgIpc) is 3.14. The number of rotatable bonds is 9. The first-order valence-electron chi connectivity index (χ1n) is 9.85. The normalized spacial score (nSPS) is 18.0. The summed E-state index contributed by atoms with van der Waals surface area (Å²) in [7, 11) is 0. The molecule has 1 heterocycles. The lowest BCUT2D eigenvalue weighted by Gasteiger charge is -2.36. The number of aliphatic imine (C=N–C) groups is 1. The van der Waals surface area contributed by atoms with Crippen molar-refractivity contribution in [3.05, 3.63) is 24.2 Å². The Morgan fingerprint density at radius 2 is 2.12 bits per heavy atom. The molecule has 0 radical (unpaired) electrons. The van der Waals surface area contributed by atoms with Gasteiger partial charge in [0.05, 0.1) is 6.26 Å². The highest BCUT2D eigenvalue weighted by Crippen LogP contribution is 2.39. The van der Waals surface area contributed by atoms with Crippen molar-refractivity contribution in [3.8, 4) is 0 Å². The van der Waals surface area contributed by atoms with E-state index >= 15 is 0 Å². The zero-order valence-electron chi connectivity index (χ0n) is 16.3. The second-order valence-corrected chi connectivity index (χ2v) is 7.41. The molecule has 150 valence electrons. The first-order chi connectivity index (χ1) is 12.2. The maximum absolute atomic E-state index is 9.49. The summed E-state index contributed by atoms with van der Waals surface area (Å²) in [6.07, 6.45) is 10.7. The van der Waals surface area contributed by atoms with E-state index in [1.165, 1.54) is 32.1 Å². The SMILES string of the molecule is CCC(C)NC(=NCC1(CCO)CCCCC1)NCCc1ccco1.I. The van der Waals surface area contributed by atoms with E-state index in [0.717, 1.165) is 44.1 Å². The Labute approximate surface area is 175 Å². The van der Waals surface area contributed by atoms with Gasteiger partial charge in [-0.25, -0.2) is 0 Å².